The highest BCUT2D eigenvalue weighted by Gasteiger charge is 2.10. The quantitative estimate of drug-likeness (QED) is 0.718. The molecule has 0 aromatic heterocycles. The van der Waals surface area contributed by atoms with Crippen molar-refractivity contribution in [3.63, 3.8) is 0 Å². The predicted molar refractivity (Wildman–Crippen MR) is 62.7 cm³/mol. The molecule has 2 N–H and O–H groups in total. The molecule has 3 nitrogen and oxygen atoms in total. The first kappa shape index (κ1) is 11.5. The van der Waals surface area contributed by atoms with Crippen LogP contribution in [0.4, 0.5) is 5.69 Å². The maximum absolute atomic E-state index is 11.6. The highest BCUT2D eigenvalue weighted by Crippen LogP contribution is 2.05. The Balaban J connectivity index is 2.45. The zero-order valence-corrected chi connectivity index (χ0v) is 8.86. The van der Waals surface area contributed by atoms with Crippen LogP contribution >= 0.6 is 0 Å². The SMILES string of the molecule is C=CCNC(C)C(=O)Nc1ccccc1. The molecule has 1 aromatic carbocycles. The van der Waals surface area contributed by atoms with Crippen LogP contribution in [-0.2, 0) is 4.79 Å². The van der Waals surface area contributed by atoms with E-state index in [1.807, 2.05) is 37.3 Å². The molecule has 0 heterocycles. The van der Waals surface area contributed by atoms with Crippen molar-refractivity contribution >= 4 is 11.6 Å². The van der Waals surface area contributed by atoms with Gasteiger partial charge in [-0.25, -0.2) is 0 Å². The molecule has 3 heteroatoms. The van der Waals surface area contributed by atoms with Crippen LogP contribution in [0.2, 0.25) is 0 Å². The Morgan fingerprint density at radius 3 is 2.73 bits per heavy atom. The first-order chi connectivity index (χ1) is 7.24. The second kappa shape index (κ2) is 5.98. The lowest BCUT2D eigenvalue weighted by atomic mass is 10.2. The maximum atomic E-state index is 11.6. The highest BCUT2D eigenvalue weighted by molar-refractivity contribution is 5.94. The minimum absolute atomic E-state index is 0.0388. The fourth-order valence-electron chi connectivity index (χ4n) is 1.12. The number of benzene rings is 1. The van der Waals surface area contributed by atoms with E-state index in [2.05, 4.69) is 17.2 Å². The molecule has 0 saturated carbocycles. The van der Waals surface area contributed by atoms with Crippen LogP contribution in [0.15, 0.2) is 43.0 Å². The summed E-state index contributed by atoms with van der Waals surface area (Å²) in [6, 6.07) is 9.18. The summed E-state index contributed by atoms with van der Waals surface area (Å²) < 4.78 is 0. The van der Waals surface area contributed by atoms with Crippen LogP contribution < -0.4 is 10.6 Å². The minimum atomic E-state index is -0.219. The van der Waals surface area contributed by atoms with Gasteiger partial charge >= 0.3 is 0 Å². The van der Waals surface area contributed by atoms with Crippen LogP contribution in [-0.4, -0.2) is 18.5 Å². The topological polar surface area (TPSA) is 41.1 Å². The second-order valence-corrected chi connectivity index (χ2v) is 3.27. The summed E-state index contributed by atoms with van der Waals surface area (Å²) in [5.41, 5.74) is 0.815. The molecule has 1 unspecified atom stereocenters. The number of carbonyl (C=O) groups is 1. The van der Waals surface area contributed by atoms with Crippen molar-refractivity contribution in [2.24, 2.45) is 0 Å². The van der Waals surface area contributed by atoms with Crippen LogP contribution in [0.1, 0.15) is 6.92 Å². The van der Waals surface area contributed by atoms with E-state index in [4.69, 9.17) is 0 Å². The van der Waals surface area contributed by atoms with Crippen molar-refractivity contribution in [2.45, 2.75) is 13.0 Å². The molecular formula is C12H16N2O. The molecule has 15 heavy (non-hydrogen) atoms. The van der Waals surface area contributed by atoms with Gasteiger partial charge in [-0.15, -0.1) is 6.58 Å². The van der Waals surface area contributed by atoms with E-state index < -0.39 is 0 Å². The van der Waals surface area contributed by atoms with E-state index in [1.165, 1.54) is 0 Å². The van der Waals surface area contributed by atoms with Crippen molar-refractivity contribution in [2.75, 3.05) is 11.9 Å². The van der Waals surface area contributed by atoms with Gasteiger partial charge in [0.05, 0.1) is 6.04 Å². The summed E-state index contributed by atoms with van der Waals surface area (Å²) in [4.78, 5) is 11.6. The Bertz CT molecular complexity index is 322. The molecular weight excluding hydrogens is 188 g/mol. The van der Waals surface area contributed by atoms with E-state index >= 15 is 0 Å². The Kier molecular flexibility index (Phi) is 4.57. The largest absolute Gasteiger partial charge is 0.325 e. The molecule has 0 aliphatic heterocycles. The number of para-hydroxylation sites is 1. The van der Waals surface area contributed by atoms with Crippen molar-refractivity contribution < 1.29 is 4.79 Å². The molecule has 1 rings (SSSR count). The number of hydrogen-bond donors (Lipinski definition) is 2. The van der Waals surface area contributed by atoms with Crippen LogP contribution in [0.5, 0.6) is 0 Å². The van der Waals surface area contributed by atoms with Gasteiger partial charge in [0.1, 0.15) is 0 Å². The molecule has 0 saturated heterocycles. The van der Waals surface area contributed by atoms with Crippen LogP contribution in [0, 0.1) is 0 Å². The van der Waals surface area contributed by atoms with Gasteiger partial charge in [-0.1, -0.05) is 24.3 Å². The summed E-state index contributed by atoms with van der Waals surface area (Å²) >= 11 is 0. The lowest BCUT2D eigenvalue weighted by molar-refractivity contribution is -0.117. The third-order valence-electron chi connectivity index (χ3n) is 2.00. The molecule has 80 valence electrons. The third-order valence-corrected chi connectivity index (χ3v) is 2.00. The van der Waals surface area contributed by atoms with E-state index in [0.717, 1.165) is 5.69 Å². The van der Waals surface area contributed by atoms with Crippen molar-refractivity contribution in [3.05, 3.63) is 43.0 Å². The standard InChI is InChI=1S/C12H16N2O/c1-3-9-13-10(2)12(15)14-11-7-5-4-6-8-11/h3-8,10,13H,1,9H2,2H3,(H,14,15). The first-order valence-corrected chi connectivity index (χ1v) is 4.94. The molecule has 1 aromatic rings. The van der Waals surface area contributed by atoms with E-state index in [1.54, 1.807) is 6.08 Å². The van der Waals surface area contributed by atoms with Gasteiger partial charge in [0.2, 0.25) is 5.91 Å². The monoisotopic (exact) mass is 204 g/mol. The van der Waals surface area contributed by atoms with Crippen LogP contribution in [0.3, 0.4) is 0 Å². The van der Waals surface area contributed by atoms with Crippen molar-refractivity contribution in [1.82, 2.24) is 5.32 Å². The van der Waals surface area contributed by atoms with Gasteiger partial charge in [-0.2, -0.15) is 0 Å². The summed E-state index contributed by atoms with van der Waals surface area (Å²) in [6.07, 6.45) is 1.73. The Morgan fingerprint density at radius 1 is 1.47 bits per heavy atom. The Labute approximate surface area is 90.2 Å². The predicted octanol–water partition coefficient (Wildman–Crippen LogP) is 1.79. The number of hydrogen-bond acceptors (Lipinski definition) is 2. The van der Waals surface area contributed by atoms with E-state index in [9.17, 15) is 4.79 Å². The number of anilines is 1. The van der Waals surface area contributed by atoms with Gasteiger partial charge in [-0.05, 0) is 19.1 Å². The summed E-state index contributed by atoms with van der Waals surface area (Å²) in [7, 11) is 0. The summed E-state index contributed by atoms with van der Waals surface area (Å²) in [5.74, 6) is -0.0388. The molecule has 0 aliphatic carbocycles. The van der Waals surface area contributed by atoms with E-state index in [0.29, 0.717) is 6.54 Å². The van der Waals surface area contributed by atoms with Gasteiger partial charge in [0, 0.05) is 12.2 Å². The highest BCUT2D eigenvalue weighted by atomic mass is 16.2. The molecule has 1 atom stereocenters. The van der Waals surface area contributed by atoms with Gasteiger partial charge in [-0.3, -0.25) is 4.79 Å². The zero-order valence-electron chi connectivity index (χ0n) is 8.86. The maximum Gasteiger partial charge on any atom is 0.241 e. The number of rotatable bonds is 5. The Hall–Kier alpha value is -1.61. The smallest absolute Gasteiger partial charge is 0.241 e. The molecule has 0 aliphatic rings. The van der Waals surface area contributed by atoms with Crippen molar-refractivity contribution in [1.29, 1.82) is 0 Å². The average molecular weight is 204 g/mol. The van der Waals surface area contributed by atoms with Gasteiger partial charge < -0.3 is 10.6 Å². The number of nitrogens with one attached hydrogen (secondary N) is 2. The molecule has 0 radical (unpaired) electrons. The van der Waals surface area contributed by atoms with Gasteiger partial charge in [0.15, 0.2) is 0 Å². The van der Waals surface area contributed by atoms with E-state index in [-0.39, 0.29) is 11.9 Å². The third kappa shape index (κ3) is 3.95. The van der Waals surface area contributed by atoms with Crippen molar-refractivity contribution in [3.8, 4) is 0 Å². The average Bonchev–Trinajstić information content (AvgIpc) is 2.27. The first-order valence-electron chi connectivity index (χ1n) is 4.94. The zero-order chi connectivity index (χ0) is 11.1. The lowest BCUT2D eigenvalue weighted by Crippen LogP contribution is -2.38. The van der Waals surface area contributed by atoms with Crippen LogP contribution in [0.25, 0.3) is 0 Å². The molecule has 1 amide bonds. The normalized spacial score (nSPS) is 11.8. The fourth-order valence-corrected chi connectivity index (χ4v) is 1.12. The molecule has 0 fully saturated rings. The number of carbonyl (C=O) groups excluding carboxylic acids is 1. The molecule has 0 bridgehead atoms. The summed E-state index contributed by atoms with van der Waals surface area (Å²) in [6.45, 7) is 6.03. The number of amides is 1. The summed E-state index contributed by atoms with van der Waals surface area (Å²) in [5, 5.41) is 5.84. The minimum Gasteiger partial charge on any atom is -0.325 e. The van der Waals surface area contributed by atoms with Gasteiger partial charge in [0.25, 0.3) is 0 Å². The fraction of sp³-hybridized carbons (Fsp3) is 0.250. The lowest BCUT2D eigenvalue weighted by Gasteiger charge is -2.12. The molecule has 0 spiro atoms. The Morgan fingerprint density at radius 2 is 2.13 bits per heavy atom. The second-order valence-electron chi connectivity index (χ2n) is 3.27.